The molecule has 1 aliphatic rings. The third kappa shape index (κ3) is 4.57. The van der Waals surface area contributed by atoms with Crippen molar-refractivity contribution in [3.05, 3.63) is 35.3 Å². The summed E-state index contributed by atoms with van der Waals surface area (Å²) in [6.07, 6.45) is 2.07. The van der Waals surface area contributed by atoms with Crippen molar-refractivity contribution in [3.63, 3.8) is 0 Å². The Kier molecular flexibility index (Phi) is 5.82. The summed E-state index contributed by atoms with van der Waals surface area (Å²) in [7, 11) is 0. The number of nitrogens with one attached hydrogen (secondary N) is 3. The van der Waals surface area contributed by atoms with Crippen LogP contribution in [0.3, 0.4) is 0 Å². The summed E-state index contributed by atoms with van der Waals surface area (Å²) < 4.78 is 2.00. The summed E-state index contributed by atoms with van der Waals surface area (Å²) >= 11 is 0. The molecule has 0 radical (unpaired) electrons. The first-order chi connectivity index (χ1) is 12.5. The van der Waals surface area contributed by atoms with Gasteiger partial charge < -0.3 is 16.0 Å². The molecule has 2 aromatic rings. The molecule has 26 heavy (non-hydrogen) atoms. The third-order valence-corrected chi connectivity index (χ3v) is 4.57. The van der Waals surface area contributed by atoms with E-state index in [2.05, 4.69) is 44.2 Å². The van der Waals surface area contributed by atoms with Crippen LogP contribution in [-0.4, -0.2) is 51.6 Å². The molecule has 0 aliphatic carbocycles. The number of anilines is 1. The van der Waals surface area contributed by atoms with Crippen LogP contribution in [0.4, 0.5) is 5.82 Å². The highest BCUT2D eigenvalue weighted by atomic mass is 16.2. The number of rotatable bonds is 6. The Labute approximate surface area is 153 Å². The van der Waals surface area contributed by atoms with Gasteiger partial charge in [-0.1, -0.05) is 0 Å². The van der Waals surface area contributed by atoms with Crippen LogP contribution in [0.15, 0.2) is 18.2 Å². The molecule has 0 spiro atoms. The van der Waals surface area contributed by atoms with Gasteiger partial charge in [-0.15, -0.1) is 10.2 Å². The molecule has 0 aromatic carbocycles. The maximum absolute atomic E-state index is 12.2. The predicted molar refractivity (Wildman–Crippen MR) is 100 cm³/mol. The van der Waals surface area contributed by atoms with Crippen LogP contribution in [0.25, 0.3) is 0 Å². The average molecular weight is 357 g/mol. The summed E-state index contributed by atoms with van der Waals surface area (Å²) in [5.41, 5.74) is 2.48. The minimum Gasteiger partial charge on any atom is -0.366 e. The molecule has 2 aromatic heterocycles. The van der Waals surface area contributed by atoms with Crippen LogP contribution in [0, 0.1) is 13.8 Å². The highest BCUT2D eigenvalue weighted by Gasteiger charge is 2.17. The fourth-order valence-corrected chi connectivity index (χ4v) is 3.21. The van der Waals surface area contributed by atoms with Crippen molar-refractivity contribution in [3.8, 4) is 0 Å². The molecule has 2 atom stereocenters. The number of hydrogen-bond acceptors (Lipinski definition) is 6. The highest BCUT2D eigenvalue weighted by Crippen LogP contribution is 2.12. The van der Waals surface area contributed by atoms with Crippen molar-refractivity contribution < 1.29 is 4.79 Å². The van der Waals surface area contributed by atoms with Gasteiger partial charge in [-0.25, -0.2) is 0 Å². The second kappa shape index (κ2) is 8.27. The summed E-state index contributed by atoms with van der Waals surface area (Å²) in [6, 6.07) is 5.90. The first-order valence-corrected chi connectivity index (χ1v) is 9.15. The van der Waals surface area contributed by atoms with Gasteiger partial charge in [-0.3, -0.25) is 9.48 Å². The van der Waals surface area contributed by atoms with E-state index in [0.29, 0.717) is 18.1 Å². The average Bonchev–Trinajstić information content (AvgIpc) is 2.99. The van der Waals surface area contributed by atoms with Gasteiger partial charge >= 0.3 is 0 Å². The van der Waals surface area contributed by atoms with Crippen molar-refractivity contribution in [1.29, 1.82) is 0 Å². The molecule has 1 fully saturated rings. The molecule has 3 heterocycles. The lowest BCUT2D eigenvalue weighted by atomic mass is 10.1. The summed E-state index contributed by atoms with van der Waals surface area (Å²) in [5.74, 6) is 0.475. The van der Waals surface area contributed by atoms with E-state index in [-0.39, 0.29) is 18.0 Å². The zero-order valence-corrected chi connectivity index (χ0v) is 15.6. The minimum absolute atomic E-state index is 0.164. The molecule has 140 valence electrons. The second-order valence-corrected chi connectivity index (χ2v) is 6.92. The Morgan fingerprint density at radius 2 is 2.23 bits per heavy atom. The van der Waals surface area contributed by atoms with E-state index in [1.165, 1.54) is 0 Å². The zero-order chi connectivity index (χ0) is 18.5. The molecule has 0 bridgehead atoms. The molecule has 0 saturated carbocycles. The van der Waals surface area contributed by atoms with Crippen LogP contribution in [-0.2, 0) is 0 Å². The normalized spacial score (nSPS) is 18.3. The second-order valence-electron chi connectivity index (χ2n) is 6.92. The Morgan fingerprint density at radius 3 is 2.85 bits per heavy atom. The standard InChI is InChI=1S/C18H27N7O/c1-12-9-13(2)25(24-12)14(3)10-20-17-7-6-16(22-23-17)18(26)21-15-5-4-8-19-11-15/h6-7,9,14-15,19H,4-5,8,10-11H2,1-3H3,(H,20,23)(H,21,26). The maximum Gasteiger partial charge on any atom is 0.272 e. The molecule has 2 unspecified atom stereocenters. The first kappa shape index (κ1) is 18.3. The molecule has 8 heteroatoms. The van der Waals surface area contributed by atoms with Crippen molar-refractivity contribution in [1.82, 2.24) is 30.6 Å². The lowest BCUT2D eigenvalue weighted by Crippen LogP contribution is -2.45. The maximum atomic E-state index is 12.2. The van der Waals surface area contributed by atoms with Gasteiger partial charge in [0.2, 0.25) is 0 Å². The Hall–Kier alpha value is -2.48. The van der Waals surface area contributed by atoms with Crippen LogP contribution < -0.4 is 16.0 Å². The largest absolute Gasteiger partial charge is 0.366 e. The van der Waals surface area contributed by atoms with E-state index in [4.69, 9.17) is 0 Å². The SMILES string of the molecule is Cc1cc(C)n(C(C)CNc2ccc(C(=O)NC3CCCNC3)nn2)n1. The summed E-state index contributed by atoms with van der Waals surface area (Å²) in [4.78, 5) is 12.2. The van der Waals surface area contributed by atoms with Gasteiger partial charge in [0.25, 0.3) is 5.91 Å². The fourth-order valence-electron chi connectivity index (χ4n) is 3.21. The fraction of sp³-hybridized carbons (Fsp3) is 0.556. The lowest BCUT2D eigenvalue weighted by Gasteiger charge is -2.23. The molecule has 1 aliphatic heterocycles. The minimum atomic E-state index is -0.172. The Bertz CT molecular complexity index is 734. The highest BCUT2D eigenvalue weighted by molar-refractivity contribution is 5.92. The summed E-state index contributed by atoms with van der Waals surface area (Å²) in [6.45, 7) is 8.63. The van der Waals surface area contributed by atoms with Crippen molar-refractivity contribution in [2.24, 2.45) is 0 Å². The Morgan fingerprint density at radius 1 is 1.38 bits per heavy atom. The molecule has 3 N–H and O–H groups in total. The molecule has 8 nitrogen and oxygen atoms in total. The molecule has 1 amide bonds. The topological polar surface area (TPSA) is 96.8 Å². The number of aromatic nitrogens is 4. The van der Waals surface area contributed by atoms with Crippen LogP contribution >= 0.6 is 0 Å². The molecular formula is C18H27N7O. The smallest absolute Gasteiger partial charge is 0.272 e. The van der Waals surface area contributed by atoms with E-state index in [9.17, 15) is 4.79 Å². The number of carbonyl (C=O) groups is 1. The van der Waals surface area contributed by atoms with E-state index >= 15 is 0 Å². The van der Waals surface area contributed by atoms with E-state index in [0.717, 1.165) is 37.3 Å². The van der Waals surface area contributed by atoms with Crippen molar-refractivity contribution in [2.45, 2.75) is 45.7 Å². The van der Waals surface area contributed by atoms with Gasteiger partial charge in [-0.2, -0.15) is 5.10 Å². The quantitative estimate of drug-likeness (QED) is 0.724. The van der Waals surface area contributed by atoms with E-state index < -0.39 is 0 Å². The third-order valence-electron chi connectivity index (χ3n) is 4.57. The monoisotopic (exact) mass is 357 g/mol. The van der Waals surface area contributed by atoms with Crippen molar-refractivity contribution >= 4 is 11.7 Å². The zero-order valence-electron chi connectivity index (χ0n) is 15.6. The predicted octanol–water partition coefficient (Wildman–Crippen LogP) is 1.44. The number of carbonyl (C=O) groups excluding carboxylic acids is 1. The molecular weight excluding hydrogens is 330 g/mol. The lowest BCUT2D eigenvalue weighted by molar-refractivity contribution is 0.0924. The number of amides is 1. The van der Waals surface area contributed by atoms with Gasteiger partial charge in [0.1, 0.15) is 5.82 Å². The van der Waals surface area contributed by atoms with Gasteiger partial charge in [0.05, 0.1) is 11.7 Å². The first-order valence-electron chi connectivity index (χ1n) is 9.15. The number of aryl methyl sites for hydroxylation is 2. The van der Waals surface area contributed by atoms with Gasteiger partial charge in [0, 0.05) is 24.8 Å². The summed E-state index contributed by atoms with van der Waals surface area (Å²) in [5, 5.41) is 22.2. The van der Waals surface area contributed by atoms with E-state index in [1.807, 2.05) is 18.5 Å². The number of nitrogens with zero attached hydrogens (tertiary/aromatic N) is 4. The molecule has 1 saturated heterocycles. The van der Waals surface area contributed by atoms with Crippen LogP contribution in [0.2, 0.25) is 0 Å². The van der Waals surface area contributed by atoms with Gasteiger partial charge in [-0.05, 0) is 58.4 Å². The van der Waals surface area contributed by atoms with Crippen LogP contribution in [0.5, 0.6) is 0 Å². The number of piperidine rings is 1. The molecule has 3 rings (SSSR count). The number of hydrogen-bond donors (Lipinski definition) is 3. The van der Waals surface area contributed by atoms with E-state index in [1.54, 1.807) is 12.1 Å². The van der Waals surface area contributed by atoms with Crippen LogP contribution in [0.1, 0.15) is 47.7 Å². The van der Waals surface area contributed by atoms with Gasteiger partial charge in [0.15, 0.2) is 5.69 Å². The van der Waals surface area contributed by atoms with Crippen molar-refractivity contribution in [2.75, 3.05) is 25.0 Å². The Balaban J connectivity index is 1.52.